The summed E-state index contributed by atoms with van der Waals surface area (Å²) in [7, 11) is 0. The topological polar surface area (TPSA) is 153 Å². The number of nitrogens with zero attached hydrogens (tertiary/aromatic N) is 3. The standard InChI is InChI=1S/C23H31N7O.C15H23ClFN/c1-5-18(26-11-6-12-27-21(24)25)15-7-9-17(10-8-15)30-14-16-13-19(23(2,3)4)28-20(16)29-22(30)31;1-10(18)6-5-7-11-8-12(15(2,3)4)14(17)13(16)9-11/h5,7-10,13-14,18,26H,1,6,11-12H2,2-4H3,(H4,24,25,27)(H,28,29,31);8-10H,5-7,18H2,1-4H3/t18-;10-/m10/s1. The summed E-state index contributed by atoms with van der Waals surface area (Å²) in [4.78, 5) is 24.0. The number of aryl methyl sites for hydroxylation is 1. The third kappa shape index (κ3) is 11.5. The van der Waals surface area contributed by atoms with Crippen LogP contribution in [0.5, 0.6) is 0 Å². The molecule has 0 bridgehead atoms. The summed E-state index contributed by atoms with van der Waals surface area (Å²) in [6, 6.07) is 13.7. The predicted octanol–water partition coefficient (Wildman–Crippen LogP) is 6.94. The van der Waals surface area contributed by atoms with Crippen molar-refractivity contribution in [2.75, 3.05) is 13.1 Å². The molecule has 4 rings (SSSR count). The summed E-state index contributed by atoms with van der Waals surface area (Å²) in [6.07, 6.45) is 7.36. The van der Waals surface area contributed by atoms with E-state index in [-0.39, 0.29) is 45.4 Å². The van der Waals surface area contributed by atoms with Crippen LogP contribution >= 0.6 is 11.6 Å². The lowest BCUT2D eigenvalue weighted by molar-refractivity contribution is 0.521. The van der Waals surface area contributed by atoms with Gasteiger partial charge in [0.25, 0.3) is 0 Å². The van der Waals surface area contributed by atoms with Gasteiger partial charge < -0.3 is 27.5 Å². The molecule has 0 aliphatic rings. The van der Waals surface area contributed by atoms with Crippen molar-refractivity contribution in [3.05, 3.63) is 105 Å². The largest absolute Gasteiger partial charge is 0.370 e. The van der Waals surface area contributed by atoms with Gasteiger partial charge in [-0.25, -0.2) is 9.18 Å². The number of guanidine groups is 1. The van der Waals surface area contributed by atoms with E-state index in [0.29, 0.717) is 17.8 Å². The van der Waals surface area contributed by atoms with Gasteiger partial charge in [0, 0.05) is 35.3 Å². The molecule has 0 aliphatic heterocycles. The molecule has 0 aliphatic carbocycles. The quantitative estimate of drug-likeness (QED) is 0.0469. The summed E-state index contributed by atoms with van der Waals surface area (Å²) in [5.74, 6) is -0.187. The van der Waals surface area contributed by atoms with E-state index in [4.69, 9.17) is 28.8 Å². The number of hydrogen-bond donors (Lipinski definition) is 5. The highest BCUT2D eigenvalue weighted by molar-refractivity contribution is 6.30. The van der Waals surface area contributed by atoms with Gasteiger partial charge in [-0.15, -0.1) is 6.58 Å². The third-order valence-corrected chi connectivity index (χ3v) is 8.37. The number of fused-ring (bicyclic) bond motifs is 1. The van der Waals surface area contributed by atoms with Crippen molar-refractivity contribution in [2.24, 2.45) is 22.2 Å². The lowest BCUT2D eigenvalue weighted by atomic mass is 9.85. The molecule has 0 spiro atoms. The lowest BCUT2D eigenvalue weighted by Crippen LogP contribution is -2.24. The van der Waals surface area contributed by atoms with Crippen molar-refractivity contribution in [3.63, 3.8) is 0 Å². The van der Waals surface area contributed by atoms with Crippen molar-refractivity contribution >= 4 is 28.6 Å². The van der Waals surface area contributed by atoms with Crippen molar-refractivity contribution in [2.45, 2.75) is 97.1 Å². The first-order chi connectivity index (χ1) is 22.9. The van der Waals surface area contributed by atoms with Gasteiger partial charge in [0.1, 0.15) is 11.5 Å². The molecule has 11 heteroatoms. The zero-order valence-electron chi connectivity index (χ0n) is 30.0. The van der Waals surface area contributed by atoms with E-state index in [2.05, 4.69) is 47.6 Å². The number of H-pyrrole nitrogens is 1. The Bertz CT molecular complexity index is 1770. The number of aromatic nitrogens is 3. The van der Waals surface area contributed by atoms with Gasteiger partial charge in [-0.05, 0) is 85.5 Å². The Hall–Kier alpha value is -3.99. The van der Waals surface area contributed by atoms with Crippen LogP contribution in [0.15, 0.2) is 71.1 Å². The molecule has 2 atom stereocenters. The number of aromatic amines is 1. The maximum absolute atomic E-state index is 14.0. The van der Waals surface area contributed by atoms with E-state index in [1.807, 2.05) is 76.4 Å². The molecular formula is C38H54ClFN8O. The average molecular weight is 693 g/mol. The molecule has 2 aromatic carbocycles. The van der Waals surface area contributed by atoms with E-state index in [9.17, 15) is 9.18 Å². The summed E-state index contributed by atoms with van der Waals surface area (Å²) in [6.45, 7) is 19.6. The number of benzene rings is 2. The molecule has 8 N–H and O–H groups in total. The SMILES string of the molecule is C=C[C@@H](NCCCN=C(N)N)c1ccc(-n2cc3cc(C(C)(C)C)[nH]c3nc2=O)cc1.C[C@H](N)CCCc1cc(Cl)c(F)c(C(C)(C)C)c1. The van der Waals surface area contributed by atoms with Gasteiger partial charge in [-0.1, -0.05) is 77.4 Å². The summed E-state index contributed by atoms with van der Waals surface area (Å²) < 4.78 is 15.5. The monoisotopic (exact) mass is 692 g/mol. The second kappa shape index (κ2) is 17.1. The molecule has 2 heterocycles. The second-order valence-corrected chi connectivity index (χ2v) is 15.0. The maximum atomic E-state index is 14.0. The Labute approximate surface area is 295 Å². The smallest absolute Gasteiger partial charge is 0.354 e. The molecule has 2 aromatic heterocycles. The zero-order chi connectivity index (χ0) is 36.5. The molecule has 0 saturated heterocycles. The van der Waals surface area contributed by atoms with Crippen LogP contribution in [-0.4, -0.2) is 39.6 Å². The van der Waals surface area contributed by atoms with Crippen molar-refractivity contribution in [1.82, 2.24) is 19.9 Å². The van der Waals surface area contributed by atoms with Crippen LogP contribution in [0, 0.1) is 5.82 Å². The zero-order valence-corrected chi connectivity index (χ0v) is 30.8. The van der Waals surface area contributed by atoms with E-state index in [1.54, 1.807) is 10.6 Å². The van der Waals surface area contributed by atoms with Crippen LogP contribution in [0.4, 0.5) is 4.39 Å². The number of hydrogen-bond acceptors (Lipinski definition) is 5. The second-order valence-electron chi connectivity index (χ2n) is 14.6. The molecule has 266 valence electrons. The van der Waals surface area contributed by atoms with Crippen LogP contribution in [0.3, 0.4) is 0 Å². The Morgan fingerprint density at radius 3 is 2.35 bits per heavy atom. The summed E-state index contributed by atoms with van der Waals surface area (Å²) >= 11 is 5.97. The molecule has 0 amide bonds. The molecule has 49 heavy (non-hydrogen) atoms. The Balaban J connectivity index is 0.000000308. The molecule has 0 fully saturated rings. The number of nitrogens with one attached hydrogen (secondary N) is 2. The van der Waals surface area contributed by atoms with Crippen molar-refractivity contribution in [3.8, 4) is 5.69 Å². The Morgan fingerprint density at radius 2 is 1.78 bits per heavy atom. The van der Waals surface area contributed by atoms with Crippen LogP contribution in [0.25, 0.3) is 16.7 Å². The first-order valence-electron chi connectivity index (χ1n) is 16.8. The van der Waals surface area contributed by atoms with Gasteiger partial charge in [-0.3, -0.25) is 9.56 Å². The maximum Gasteiger partial charge on any atom is 0.354 e. The predicted molar refractivity (Wildman–Crippen MR) is 203 cm³/mol. The Morgan fingerprint density at radius 1 is 1.10 bits per heavy atom. The molecule has 4 aromatic rings. The van der Waals surface area contributed by atoms with Gasteiger partial charge in [0.2, 0.25) is 0 Å². The molecule has 9 nitrogen and oxygen atoms in total. The highest BCUT2D eigenvalue weighted by atomic mass is 35.5. The lowest BCUT2D eigenvalue weighted by Gasteiger charge is -2.21. The minimum atomic E-state index is -0.319. The average Bonchev–Trinajstić information content (AvgIpc) is 3.43. The van der Waals surface area contributed by atoms with Gasteiger partial charge >= 0.3 is 5.69 Å². The number of halogens is 2. The van der Waals surface area contributed by atoms with Crippen molar-refractivity contribution < 1.29 is 4.39 Å². The summed E-state index contributed by atoms with van der Waals surface area (Å²) in [5, 5.41) is 4.54. The van der Waals surface area contributed by atoms with E-state index >= 15 is 0 Å². The normalized spacial score (nSPS) is 13.0. The van der Waals surface area contributed by atoms with Crippen LogP contribution < -0.4 is 28.2 Å². The minimum Gasteiger partial charge on any atom is -0.370 e. The number of nitrogens with two attached hydrogens (primary N) is 3. The minimum absolute atomic E-state index is 0.00963. The van der Waals surface area contributed by atoms with Crippen LogP contribution in [-0.2, 0) is 17.3 Å². The molecule has 0 radical (unpaired) electrons. The third-order valence-electron chi connectivity index (χ3n) is 8.10. The van der Waals surface area contributed by atoms with Gasteiger partial charge in [-0.2, -0.15) is 4.98 Å². The fourth-order valence-electron chi connectivity index (χ4n) is 5.27. The van der Waals surface area contributed by atoms with E-state index < -0.39 is 0 Å². The van der Waals surface area contributed by atoms with Gasteiger partial charge in [0.15, 0.2) is 5.96 Å². The van der Waals surface area contributed by atoms with Crippen LogP contribution in [0.2, 0.25) is 5.02 Å². The summed E-state index contributed by atoms with van der Waals surface area (Å²) in [5.41, 5.74) is 21.0. The highest BCUT2D eigenvalue weighted by Gasteiger charge is 2.21. The Kier molecular flexibility index (Phi) is 13.8. The first kappa shape index (κ1) is 39.4. The highest BCUT2D eigenvalue weighted by Crippen LogP contribution is 2.31. The number of rotatable bonds is 12. The van der Waals surface area contributed by atoms with E-state index in [1.165, 1.54) is 0 Å². The van der Waals surface area contributed by atoms with E-state index in [0.717, 1.165) is 60.1 Å². The van der Waals surface area contributed by atoms with Gasteiger partial charge in [0.05, 0.1) is 16.8 Å². The molecular weight excluding hydrogens is 639 g/mol. The molecule has 0 saturated carbocycles. The van der Waals surface area contributed by atoms with Crippen LogP contribution in [0.1, 0.15) is 96.2 Å². The molecule has 0 unspecified atom stereocenters. The first-order valence-corrected chi connectivity index (χ1v) is 17.2. The fraction of sp³-hybridized carbons (Fsp3) is 0.447. The number of aliphatic imine (C=N–C) groups is 1. The fourth-order valence-corrected chi connectivity index (χ4v) is 5.51. The van der Waals surface area contributed by atoms with Crippen molar-refractivity contribution in [1.29, 1.82) is 0 Å².